The number of oxime groups is 1. The summed E-state index contributed by atoms with van der Waals surface area (Å²) in [6.45, 7) is 0. The molecule has 0 unspecified atom stereocenters. The van der Waals surface area contributed by atoms with E-state index in [4.69, 9.17) is 14.7 Å². The number of nitrogens with zero attached hydrogens (tertiary/aromatic N) is 1. The van der Waals surface area contributed by atoms with E-state index in [1.165, 1.54) is 6.21 Å². The molecule has 0 heterocycles. The van der Waals surface area contributed by atoms with Gasteiger partial charge >= 0.3 is 0 Å². The Bertz CT molecular complexity index is 564. The van der Waals surface area contributed by atoms with Gasteiger partial charge in [0.2, 0.25) is 0 Å². The zero-order valence-corrected chi connectivity index (χ0v) is 9.68. The molecule has 0 saturated carbocycles. The summed E-state index contributed by atoms with van der Waals surface area (Å²) < 4.78 is 10.6. The lowest BCUT2D eigenvalue weighted by molar-refractivity contribution is 0.321. The first kappa shape index (κ1) is 11.3. The number of ether oxygens (including phenoxy) is 2. The molecule has 0 aliphatic carbocycles. The average molecular weight is 231 g/mol. The van der Waals surface area contributed by atoms with Gasteiger partial charge in [0, 0.05) is 5.56 Å². The molecule has 2 rings (SSSR count). The first-order chi connectivity index (χ1) is 8.31. The van der Waals surface area contributed by atoms with Crippen molar-refractivity contribution in [1.29, 1.82) is 0 Å². The molecule has 0 aliphatic rings. The van der Waals surface area contributed by atoms with Crippen LogP contribution < -0.4 is 9.47 Å². The maximum Gasteiger partial charge on any atom is 0.170 e. The lowest BCUT2D eigenvalue weighted by Crippen LogP contribution is -1.97. The van der Waals surface area contributed by atoms with E-state index in [2.05, 4.69) is 5.16 Å². The second kappa shape index (κ2) is 4.74. The molecule has 4 nitrogen and oxygen atoms in total. The largest absolute Gasteiger partial charge is 0.493 e. The van der Waals surface area contributed by atoms with E-state index in [9.17, 15) is 0 Å². The molecule has 88 valence electrons. The van der Waals surface area contributed by atoms with Crippen LogP contribution in [0, 0.1) is 0 Å². The van der Waals surface area contributed by atoms with Crippen molar-refractivity contribution in [2.24, 2.45) is 5.16 Å². The lowest BCUT2D eigenvalue weighted by atomic mass is 10.0. The zero-order chi connectivity index (χ0) is 12.3. The SMILES string of the molecule is COc1cc2ccccc2c(/C=N/O)c1OC. The van der Waals surface area contributed by atoms with E-state index in [0.29, 0.717) is 17.1 Å². The predicted octanol–water partition coefficient (Wildman–Crippen LogP) is 2.67. The Labute approximate surface area is 99.1 Å². The molecular formula is C13H13NO3. The second-order valence-electron chi connectivity index (χ2n) is 3.49. The van der Waals surface area contributed by atoms with Gasteiger partial charge in [0.25, 0.3) is 0 Å². The van der Waals surface area contributed by atoms with Gasteiger partial charge in [0.1, 0.15) is 0 Å². The summed E-state index contributed by atoms with van der Waals surface area (Å²) in [6.07, 6.45) is 1.35. The molecule has 0 aliphatic heterocycles. The minimum atomic E-state index is 0.559. The minimum Gasteiger partial charge on any atom is -0.493 e. The van der Waals surface area contributed by atoms with E-state index in [-0.39, 0.29) is 0 Å². The summed E-state index contributed by atoms with van der Waals surface area (Å²) in [7, 11) is 3.13. The molecule has 0 radical (unpaired) electrons. The highest BCUT2D eigenvalue weighted by Gasteiger charge is 2.13. The standard InChI is InChI=1S/C13H13NO3/c1-16-12-7-9-5-3-4-6-10(9)11(8-14-15)13(12)17-2/h3-8,15H,1-2H3/b14-8+. The van der Waals surface area contributed by atoms with E-state index in [1.807, 2.05) is 30.3 Å². The molecule has 1 N–H and O–H groups in total. The number of hydrogen-bond acceptors (Lipinski definition) is 4. The maximum atomic E-state index is 8.74. The van der Waals surface area contributed by atoms with Crippen molar-refractivity contribution in [1.82, 2.24) is 0 Å². The Kier molecular flexibility index (Phi) is 3.14. The molecule has 2 aromatic carbocycles. The van der Waals surface area contributed by atoms with E-state index >= 15 is 0 Å². The van der Waals surface area contributed by atoms with Gasteiger partial charge in [0.15, 0.2) is 11.5 Å². The van der Waals surface area contributed by atoms with Crippen LogP contribution in [0.4, 0.5) is 0 Å². The Hall–Kier alpha value is -2.23. The number of methoxy groups -OCH3 is 2. The van der Waals surface area contributed by atoms with Gasteiger partial charge in [-0.25, -0.2) is 0 Å². The van der Waals surface area contributed by atoms with Crippen LogP contribution in [-0.2, 0) is 0 Å². The van der Waals surface area contributed by atoms with E-state index in [0.717, 1.165) is 10.8 Å². The van der Waals surface area contributed by atoms with Crippen molar-refractivity contribution >= 4 is 17.0 Å². The summed E-state index contributed by atoms with van der Waals surface area (Å²) in [6, 6.07) is 9.65. The third-order valence-corrected chi connectivity index (χ3v) is 2.62. The summed E-state index contributed by atoms with van der Waals surface area (Å²) in [4.78, 5) is 0. The average Bonchev–Trinajstić information content (AvgIpc) is 2.38. The molecule has 17 heavy (non-hydrogen) atoms. The second-order valence-corrected chi connectivity index (χ2v) is 3.49. The molecule has 0 saturated heterocycles. The monoisotopic (exact) mass is 231 g/mol. The highest BCUT2D eigenvalue weighted by molar-refractivity contribution is 6.03. The molecular weight excluding hydrogens is 218 g/mol. The van der Waals surface area contributed by atoms with E-state index < -0.39 is 0 Å². The third-order valence-electron chi connectivity index (χ3n) is 2.62. The van der Waals surface area contributed by atoms with Crippen LogP contribution in [-0.4, -0.2) is 25.6 Å². The minimum absolute atomic E-state index is 0.559. The van der Waals surface area contributed by atoms with Crippen molar-refractivity contribution in [3.63, 3.8) is 0 Å². The van der Waals surface area contributed by atoms with Gasteiger partial charge < -0.3 is 14.7 Å². The summed E-state index contributed by atoms with van der Waals surface area (Å²) in [5.41, 5.74) is 0.699. The molecule has 0 fully saturated rings. The Morgan fingerprint density at radius 3 is 2.59 bits per heavy atom. The van der Waals surface area contributed by atoms with Crippen molar-refractivity contribution in [2.75, 3.05) is 14.2 Å². The van der Waals surface area contributed by atoms with Gasteiger partial charge in [-0.15, -0.1) is 0 Å². The quantitative estimate of drug-likeness (QED) is 0.502. The predicted molar refractivity (Wildman–Crippen MR) is 66.4 cm³/mol. The van der Waals surface area contributed by atoms with Gasteiger partial charge in [-0.05, 0) is 16.8 Å². The molecule has 0 bridgehead atoms. The third kappa shape index (κ3) is 1.89. The summed E-state index contributed by atoms with van der Waals surface area (Å²) in [5, 5.41) is 13.8. The molecule has 0 amide bonds. The molecule has 2 aromatic rings. The highest BCUT2D eigenvalue weighted by atomic mass is 16.5. The van der Waals surface area contributed by atoms with Gasteiger partial charge in [-0.1, -0.05) is 29.4 Å². The van der Waals surface area contributed by atoms with Crippen LogP contribution >= 0.6 is 0 Å². The Balaban J connectivity index is 2.85. The fourth-order valence-electron chi connectivity index (χ4n) is 1.88. The molecule has 0 atom stereocenters. The first-order valence-corrected chi connectivity index (χ1v) is 5.13. The number of benzene rings is 2. The van der Waals surface area contributed by atoms with Crippen LogP contribution in [0.3, 0.4) is 0 Å². The molecule has 0 aromatic heterocycles. The zero-order valence-electron chi connectivity index (χ0n) is 9.68. The Morgan fingerprint density at radius 2 is 1.94 bits per heavy atom. The molecule has 0 spiro atoms. The number of hydrogen-bond donors (Lipinski definition) is 1. The summed E-state index contributed by atoms with van der Waals surface area (Å²) in [5.74, 6) is 1.17. The van der Waals surface area contributed by atoms with Crippen molar-refractivity contribution in [3.8, 4) is 11.5 Å². The fraction of sp³-hybridized carbons (Fsp3) is 0.154. The fourth-order valence-corrected chi connectivity index (χ4v) is 1.88. The lowest BCUT2D eigenvalue weighted by Gasteiger charge is -2.12. The van der Waals surface area contributed by atoms with Crippen LogP contribution in [0.5, 0.6) is 11.5 Å². The van der Waals surface area contributed by atoms with Gasteiger partial charge in [0.05, 0.1) is 20.4 Å². The number of fused-ring (bicyclic) bond motifs is 1. The van der Waals surface area contributed by atoms with Gasteiger partial charge in [-0.3, -0.25) is 0 Å². The van der Waals surface area contributed by atoms with Crippen LogP contribution in [0.2, 0.25) is 0 Å². The topological polar surface area (TPSA) is 51.0 Å². The number of rotatable bonds is 3. The summed E-state index contributed by atoms with van der Waals surface area (Å²) >= 11 is 0. The van der Waals surface area contributed by atoms with Gasteiger partial charge in [-0.2, -0.15) is 0 Å². The van der Waals surface area contributed by atoms with Crippen LogP contribution in [0.15, 0.2) is 35.5 Å². The van der Waals surface area contributed by atoms with Crippen molar-refractivity contribution < 1.29 is 14.7 Å². The van der Waals surface area contributed by atoms with E-state index in [1.54, 1.807) is 14.2 Å². The first-order valence-electron chi connectivity index (χ1n) is 5.13. The maximum absolute atomic E-state index is 8.74. The van der Waals surface area contributed by atoms with Crippen molar-refractivity contribution in [3.05, 3.63) is 35.9 Å². The Morgan fingerprint density at radius 1 is 1.18 bits per heavy atom. The normalized spacial score (nSPS) is 10.9. The van der Waals surface area contributed by atoms with Crippen LogP contribution in [0.25, 0.3) is 10.8 Å². The van der Waals surface area contributed by atoms with Crippen LogP contribution in [0.1, 0.15) is 5.56 Å². The van der Waals surface area contributed by atoms with Crippen molar-refractivity contribution in [2.45, 2.75) is 0 Å². The molecule has 4 heteroatoms. The highest BCUT2D eigenvalue weighted by Crippen LogP contribution is 2.36. The smallest absolute Gasteiger partial charge is 0.170 e.